The Labute approximate surface area is 109 Å². The molecule has 0 unspecified atom stereocenters. The van der Waals surface area contributed by atoms with Crippen molar-refractivity contribution in [1.29, 1.82) is 0 Å². The molecule has 1 aliphatic heterocycles. The third kappa shape index (κ3) is 2.76. The highest BCUT2D eigenvalue weighted by molar-refractivity contribution is 6.06. The van der Waals surface area contributed by atoms with E-state index in [4.69, 9.17) is 10.9 Å². The van der Waals surface area contributed by atoms with E-state index in [1.165, 1.54) is 0 Å². The number of amides is 1. The van der Waals surface area contributed by atoms with Crippen molar-refractivity contribution in [2.75, 3.05) is 13.1 Å². The minimum atomic E-state index is -0.803. The second-order valence-electron chi connectivity index (χ2n) is 5.07. The zero-order valence-corrected chi connectivity index (χ0v) is 11.5. The van der Waals surface area contributed by atoms with Gasteiger partial charge in [-0.05, 0) is 25.7 Å². The zero-order valence-electron chi connectivity index (χ0n) is 11.5. The quantitative estimate of drug-likeness (QED) is 0.329. The molecule has 1 heterocycles. The molecule has 104 valence electrons. The van der Waals surface area contributed by atoms with Crippen molar-refractivity contribution in [3.8, 4) is 0 Å². The lowest BCUT2D eigenvalue weighted by molar-refractivity contribution is -0.138. The molecule has 1 rings (SSSR count). The number of amidine groups is 1. The fourth-order valence-electron chi connectivity index (χ4n) is 2.88. The van der Waals surface area contributed by atoms with E-state index >= 15 is 0 Å². The lowest BCUT2D eigenvalue weighted by Gasteiger charge is -2.34. The first-order valence-corrected chi connectivity index (χ1v) is 6.89. The molecular weight excluding hydrogens is 230 g/mol. The molecule has 5 nitrogen and oxygen atoms in total. The van der Waals surface area contributed by atoms with Crippen LogP contribution in [0, 0.1) is 5.41 Å². The van der Waals surface area contributed by atoms with Crippen LogP contribution in [0.2, 0.25) is 0 Å². The number of likely N-dealkylation sites (tertiary alicyclic amines) is 1. The Bertz CT molecular complexity index is 303. The fourth-order valence-corrected chi connectivity index (χ4v) is 2.88. The Morgan fingerprint density at radius 2 is 1.78 bits per heavy atom. The first-order chi connectivity index (χ1) is 8.62. The van der Waals surface area contributed by atoms with E-state index in [2.05, 4.69) is 5.16 Å². The SMILES string of the molecule is CCCC(CCC)(C(=O)N1CCCC1)C(N)=NO. The number of nitrogens with two attached hydrogens (primary N) is 1. The van der Waals surface area contributed by atoms with Crippen molar-refractivity contribution in [2.24, 2.45) is 16.3 Å². The lowest BCUT2D eigenvalue weighted by atomic mass is 9.76. The van der Waals surface area contributed by atoms with Gasteiger partial charge in [0.25, 0.3) is 0 Å². The molecule has 0 aromatic carbocycles. The maximum absolute atomic E-state index is 12.7. The highest BCUT2D eigenvalue weighted by Gasteiger charge is 2.44. The standard InChI is InChI=1S/C13H25N3O2/c1-3-7-13(8-4-2,11(14)15-18)12(17)16-9-5-6-10-16/h18H,3-10H2,1-2H3,(H2,14,15). The summed E-state index contributed by atoms with van der Waals surface area (Å²) in [5.41, 5.74) is 5.04. The third-order valence-corrected chi connectivity index (χ3v) is 3.75. The minimum absolute atomic E-state index is 0.0407. The number of hydrogen-bond donors (Lipinski definition) is 2. The number of nitrogens with zero attached hydrogens (tertiary/aromatic N) is 2. The summed E-state index contributed by atoms with van der Waals surface area (Å²) >= 11 is 0. The Balaban J connectivity index is 3.02. The van der Waals surface area contributed by atoms with Crippen LogP contribution >= 0.6 is 0 Å². The maximum Gasteiger partial charge on any atom is 0.236 e. The van der Waals surface area contributed by atoms with Crippen LogP contribution in [0.15, 0.2) is 5.16 Å². The predicted octanol–water partition coefficient (Wildman–Crippen LogP) is 1.94. The Kier molecular flexibility index (Phi) is 5.44. The van der Waals surface area contributed by atoms with E-state index in [1.807, 2.05) is 18.7 Å². The van der Waals surface area contributed by atoms with Crippen LogP contribution in [0.3, 0.4) is 0 Å². The molecule has 5 heteroatoms. The Morgan fingerprint density at radius 3 is 2.17 bits per heavy atom. The van der Waals surface area contributed by atoms with Crippen LogP contribution in [0.1, 0.15) is 52.4 Å². The minimum Gasteiger partial charge on any atom is -0.409 e. The summed E-state index contributed by atoms with van der Waals surface area (Å²) in [5.74, 6) is 0.113. The van der Waals surface area contributed by atoms with Crippen LogP contribution in [0.5, 0.6) is 0 Å². The molecular formula is C13H25N3O2. The fraction of sp³-hybridized carbons (Fsp3) is 0.846. The molecule has 1 aliphatic rings. The van der Waals surface area contributed by atoms with Gasteiger partial charge >= 0.3 is 0 Å². The van der Waals surface area contributed by atoms with E-state index in [9.17, 15) is 4.79 Å². The topological polar surface area (TPSA) is 78.9 Å². The molecule has 18 heavy (non-hydrogen) atoms. The van der Waals surface area contributed by atoms with Gasteiger partial charge in [0.1, 0.15) is 5.41 Å². The highest BCUT2D eigenvalue weighted by Crippen LogP contribution is 2.34. The van der Waals surface area contributed by atoms with Crippen molar-refractivity contribution in [1.82, 2.24) is 4.90 Å². The van der Waals surface area contributed by atoms with Crippen molar-refractivity contribution < 1.29 is 10.0 Å². The zero-order chi connectivity index (χ0) is 13.6. The van der Waals surface area contributed by atoms with Gasteiger partial charge in [-0.2, -0.15) is 0 Å². The first-order valence-electron chi connectivity index (χ1n) is 6.89. The van der Waals surface area contributed by atoms with Gasteiger partial charge in [-0.1, -0.05) is 31.8 Å². The number of carbonyl (C=O) groups is 1. The van der Waals surface area contributed by atoms with Crippen molar-refractivity contribution >= 4 is 11.7 Å². The second kappa shape index (κ2) is 6.61. The van der Waals surface area contributed by atoms with Crippen LogP contribution in [0.4, 0.5) is 0 Å². The molecule has 1 saturated heterocycles. The molecule has 0 aliphatic carbocycles. The molecule has 0 atom stereocenters. The van der Waals surface area contributed by atoms with E-state index < -0.39 is 5.41 Å². The summed E-state index contributed by atoms with van der Waals surface area (Å²) in [4.78, 5) is 14.6. The molecule has 0 aromatic rings. The molecule has 0 saturated carbocycles. The van der Waals surface area contributed by atoms with E-state index in [1.54, 1.807) is 0 Å². The van der Waals surface area contributed by atoms with Gasteiger partial charge in [-0.25, -0.2) is 0 Å². The summed E-state index contributed by atoms with van der Waals surface area (Å²) in [7, 11) is 0. The van der Waals surface area contributed by atoms with Crippen LogP contribution < -0.4 is 5.73 Å². The number of hydrogen-bond acceptors (Lipinski definition) is 3. The normalized spacial score (nSPS) is 17.2. The molecule has 0 bridgehead atoms. The van der Waals surface area contributed by atoms with Gasteiger partial charge in [0.15, 0.2) is 5.84 Å². The largest absolute Gasteiger partial charge is 0.409 e. The van der Waals surface area contributed by atoms with Gasteiger partial charge in [0.05, 0.1) is 0 Å². The van der Waals surface area contributed by atoms with Crippen molar-refractivity contribution in [3.05, 3.63) is 0 Å². The molecule has 0 radical (unpaired) electrons. The molecule has 3 N–H and O–H groups in total. The van der Waals surface area contributed by atoms with E-state index in [0.717, 1.165) is 38.8 Å². The van der Waals surface area contributed by atoms with E-state index in [-0.39, 0.29) is 11.7 Å². The number of carbonyl (C=O) groups excluding carboxylic acids is 1. The first kappa shape index (κ1) is 14.8. The molecule has 0 spiro atoms. The maximum atomic E-state index is 12.7. The van der Waals surface area contributed by atoms with Crippen LogP contribution in [-0.2, 0) is 4.79 Å². The summed E-state index contributed by atoms with van der Waals surface area (Å²) in [5, 5.41) is 12.1. The average molecular weight is 255 g/mol. The lowest BCUT2D eigenvalue weighted by Crippen LogP contribution is -2.50. The summed E-state index contributed by atoms with van der Waals surface area (Å²) in [6.45, 7) is 5.64. The Morgan fingerprint density at radius 1 is 1.28 bits per heavy atom. The van der Waals surface area contributed by atoms with Gasteiger partial charge in [-0.3, -0.25) is 4.79 Å². The molecule has 0 aromatic heterocycles. The van der Waals surface area contributed by atoms with E-state index in [0.29, 0.717) is 12.8 Å². The van der Waals surface area contributed by atoms with Gasteiger partial charge in [0.2, 0.25) is 5.91 Å². The van der Waals surface area contributed by atoms with Crippen molar-refractivity contribution in [3.63, 3.8) is 0 Å². The number of rotatable bonds is 6. The molecule has 1 amide bonds. The molecule has 1 fully saturated rings. The van der Waals surface area contributed by atoms with Crippen molar-refractivity contribution in [2.45, 2.75) is 52.4 Å². The smallest absolute Gasteiger partial charge is 0.236 e. The predicted molar refractivity (Wildman–Crippen MR) is 71.5 cm³/mol. The summed E-state index contributed by atoms with van der Waals surface area (Å²) in [6, 6.07) is 0. The summed E-state index contributed by atoms with van der Waals surface area (Å²) < 4.78 is 0. The second-order valence-corrected chi connectivity index (χ2v) is 5.07. The average Bonchev–Trinajstić information content (AvgIpc) is 2.90. The summed E-state index contributed by atoms with van der Waals surface area (Å²) in [6.07, 6.45) is 5.08. The monoisotopic (exact) mass is 255 g/mol. The van der Waals surface area contributed by atoms with Gasteiger partial charge in [0, 0.05) is 13.1 Å². The van der Waals surface area contributed by atoms with Gasteiger partial charge in [-0.15, -0.1) is 0 Å². The van der Waals surface area contributed by atoms with Crippen LogP contribution in [0.25, 0.3) is 0 Å². The van der Waals surface area contributed by atoms with Gasteiger partial charge < -0.3 is 15.8 Å². The Hall–Kier alpha value is -1.26. The third-order valence-electron chi connectivity index (χ3n) is 3.75. The highest BCUT2D eigenvalue weighted by atomic mass is 16.4. The number of oxime groups is 1. The van der Waals surface area contributed by atoms with Crippen LogP contribution in [-0.4, -0.2) is 34.9 Å².